The summed E-state index contributed by atoms with van der Waals surface area (Å²) in [6.07, 6.45) is -2.26. The smallest absolute Gasteiger partial charge is 0.408 e. The third-order valence-corrected chi connectivity index (χ3v) is 13.0. The van der Waals surface area contributed by atoms with Crippen molar-refractivity contribution in [3.8, 4) is 0 Å². The first-order chi connectivity index (χ1) is 38.6. The van der Waals surface area contributed by atoms with Gasteiger partial charge in [0.05, 0.1) is 31.9 Å². The van der Waals surface area contributed by atoms with Crippen LogP contribution in [0.25, 0.3) is 0 Å². The SMILES string of the molecule is CC[C@H](C)[C@H](NC(=O)[C@@H](CCCNC(=N)N)NC(=O)[C@H](CC(C)C)NC(=O)[C@@H](NC(=O)[C@@H](NC(=O)OCc1ccccc1)[C@H](N)c1ccccc1)[C@H](O)C(C)C)C(=O)N[C@H](C(=O)NCC(=O)N[C@@H](CO)C(=O)N[C@@H](CO)C(=O)O)C(C)C. The number of nitrogens with two attached hydrogens (primary N) is 2. The van der Waals surface area contributed by atoms with Crippen LogP contribution < -0.4 is 64.6 Å². The van der Waals surface area contributed by atoms with Crippen molar-refractivity contribution < 1.29 is 73.1 Å². The molecule has 2 rings (SSSR count). The number of aliphatic hydroxyl groups excluding tert-OH is 3. The van der Waals surface area contributed by atoms with Crippen LogP contribution in [0.2, 0.25) is 0 Å². The van der Waals surface area contributed by atoms with Crippen molar-refractivity contribution in [2.45, 2.75) is 148 Å². The summed E-state index contributed by atoms with van der Waals surface area (Å²) < 4.78 is 5.39. The average molecular weight is 1160 g/mol. The largest absolute Gasteiger partial charge is 0.480 e. The standard InChI is InChI=1S/C54H85N13O15/c1-9-31(8)41(49(76)64-40(29(4)5)48(75)59-24-38(70)60-36(25-68)47(74)63-37(26-69)52(79)80)65-45(72)34(21-16-22-58-53(56)57)61-46(73)35(23-28(2)3)62-51(78)43(44(71)30(6)7)66-50(77)42(39(55)33-19-14-11-15-20-33)67-54(81)82-27-32-17-12-10-13-18-32/h10-15,17-20,28-31,34-37,39-44,68-69,71H,9,16,21-27,55H2,1-8H3,(H,59,75)(H,60,70)(H,61,73)(H,62,78)(H,63,74)(H,64,76)(H,65,72)(H,66,77)(H,67,81)(H,79,80)(H4,56,57,58)/t31-,34+,35-,36-,37-,39+,40-,41-,42-,43-,44+/m0/s1. The molecule has 19 N–H and O–H groups in total. The van der Waals surface area contributed by atoms with Crippen LogP contribution in [0.15, 0.2) is 60.7 Å². The summed E-state index contributed by atoms with van der Waals surface area (Å²) >= 11 is 0. The van der Waals surface area contributed by atoms with Crippen molar-refractivity contribution in [2.24, 2.45) is 35.1 Å². The first kappa shape index (κ1) is 70.2. The van der Waals surface area contributed by atoms with Gasteiger partial charge < -0.3 is 89.8 Å². The number of carboxylic acid groups (broad SMARTS) is 1. The van der Waals surface area contributed by atoms with Crippen LogP contribution in [0.3, 0.4) is 0 Å². The summed E-state index contributed by atoms with van der Waals surface area (Å²) in [6.45, 7) is 10.5. The lowest BCUT2D eigenvalue weighted by Gasteiger charge is -2.32. The Hall–Kier alpha value is -7.95. The van der Waals surface area contributed by atoms with Gasteiger partial charge >= 0.3 is 12.1 Å². The summed E-state index contributed by atoms with van der Waals surface area (Å²) in [6, 6.07) is 3.70. The third-order valence-electron chi connectivity index (χ3n) is 13.0. The number of carbonyl (C=O) groups is 10. The molecule has 0 unspecified atom stereocenters. The molecule has 0 aliphatic heterocycles. The second-order valence-corrected chi connectivity index (χ2v) is 20.8. The molecule has 0 spiro atoms. The fourth-order valence-corrected chi connectivity index (χ4v) is 7.95. The highest BCUT2D eigenvalue weighted by atomic mass is 16.5. The highest BCUT2D eigenvalue weighted by molar-refractivity contribution is 5.98. The minimum atomic E-state index is -1.74. The first-order valence-corrected chi connectivity index (χ1v) is 27.0. The summed E-state index contributed by atoms with van der Waals surface area (Å²) in [5.74, 6) is -11.6. The monoisotopic (exact) mass is 1160 g/mol. The Kier molecular flexibility index (Phi) is 30.6. The number of hydrogen-bond donors (Lipinski definition) is 17. The van der Waals surface area contributed by atoms with Crippen LogP contribution in [0.1, 0.15) is 98.2 Å². The Balaban J connectivity index is 2.42. The van der Waals surface area contributed by atoms with E-state index in [0.717, 1.165) is 0 Å². The number of carbonyl (C=O) groups excluding carboxylic acids is 9. The van der Waals surface area contributed by atoms with Crippen LogP contribution in [0.4, 0.5) is 4.79 Å². The number of amides is 9. The molecular formula is C54H85N13O15. The van der Waals surface area contributed by atoms with E-state index >= 15 is 0 Å². The van der Waals surface area contributed by atoms with E-state index < -0.39 is 157 Å². The van der Waals surface area contributed by atoms with Gasteiger partial charge in [-0.3, -0.25) is 43.8 Å². The van der Waals surface area contributed by atoms with Gasteiger partial charge in [0.25, 0.3) is 0 Å². The van der Waals surface area contributed by atoms with Crippen LogP contribution in [-0.2, 0) is 54.5 Å². The van der Waals surface area contributed by atoms with Gasteiger partial charge in [0, 0.05) is 6.54 Å². The van der Waals surface area contributed by atoms with Crippen molar-refractivity contribution in [3.63, 3.8) is 0 Å². The lowest BCUT2D eigenvalue weighted by Crippen LogP contribution is -2.63. The maximum Gasteiger partial charge on any atom is 0.408 e. The third kappa shape index (κ3) is 24.0. The lowest BCUT2D eigenvalue weighted by molar-refractivity contribution is -0.143. The van der Waals surface area contributed by atoms with E-state index in [0.29, 0.717) is 17.5 Å². The lowest BCUT2D eigenvalue weighted by atomic mass is 9.95. The van der Waals surface area contributed by atoms with E-state index in [1.54, 1.807) is 116 Å². The van der Waals surface area contributed by atoms with Gasteiger partial charge in [-0.05, 0) is 54.1 Å². The number of ether oxygens (including phenoxy) is 1. The molecule has 28 heteroatoms. The molecular weight excluding hydrogens is 1070 g/mol. The molecule has 2 aromatic carbocycles. The molecule has 456 valence electrons. The molecule has 0 saturated heterocycles. The number of alkyl carbamates (subject to hydrolysis) is 1. The first-order valence-electron chi connectivity index (χ1n) is 27.0. The fraction of sp³-hybridized carbons (Fsp3) is 0.574. The summed E-state index contributed by atoms with van der Waals surface area (Å²) in [5, 5.41) is 71.7. The summed E-state index contributed by atoms with van der Waals surface area (Å²) in [7, 11) is 0. The van der Waals surface area contributed by atoms with Crippen LogP contribution in [0, 0.1) is 29.1 Å². The Morgan fingerprint density at radius 1 is 0.585 bits per heavy atom. The van der Waals surface area contributed by atoms with E-state index in [4.69, 9.17) is 26.7 Å². The summed E-state index contributed by atoms with van der Waals surface area (Å²) in [5.41, 5.74) is 13.2. The molecule has 2 aromatic rings. The van der Waals surface area contributed by atoms with Crippen LogP contribution >= 0.6 is 0 Å². The number of aliphatic hydroxyl groups is 3. The van der Waals surface area contributed by atoms with Gasteiger partial charge in [-0.2, -0.15) is 0 Å². The van der Waals surface area contributed by atoms with Gasteiger partial charge in [-0.1, -0.05) is 122 Å². The zero-order valence-corrected chi connectivity index (χ0v) is 47.7. The Labute approximate surface area is 477 Å². The highest BCUT2D eigenvalue weighted by Crippen LogP contribution is 2.18. The fourth-order valence-electron chi connectivity index (χ4n) is 7.95. The van der Waals surface area contributed by atoms with Crippen molar-refractivity contribution in [2.75, 3.05) is 26.3 Å². The molecule has 9 amide bonds. The molecule has 0 radical (unpaired) electrons. The van der Waals surface area contributed by atoms with Crippen molar-refractivity contribution in [1.82, 2.24) is 53.2 Å². The zero-order valence-electron chi connectivity index (χ0n) is 47.7. The van der Waals surface area contributed by atoms with E-state index in [-0.39, 0.29) is 44.3 Å². The maximum atomic E-state index is 14.4. The average Bonchev–Trinajstić information content (AvgIpc) is 3.47. The minimum Gasteiger partial charge on any atom is -0.480 e. The Bertz CT molecular complexity index is 2440. The zero-order chi connectivity index (χ0) is 61.8. The minimum absolute atomic E-state index is 0.0278. The van der Waals surface area contributed by atoms with Gasteiger partial charge in [-0.25, -0.2) is 9.59 Å². The number of rotatable bonds is 35. The topological polar surface area (TPSA) is 457 Å². The molecule has 0 fully saturated rings. The van der Waals surface area contributed by atoms with Gasteiger partial charge in [0.2, 0.25) is 47.3 Å². The molecule has 82 heavy (non-hydrogen) atoms. The second kappa shape index (κ2) is 35.7. The summed E-state index contributed by atoms with van der Waals surface area (Å²) in [4.78, 5) is 135. The van der Waals surface area contributed by atoms with E-state index in [9.17, 15) is 63.3 Å². The van der Waals surface area contributed by atoms with E-state index in [2.05, 4.69) is 47.9 Å². The van der Waals surface area contributed by atoms with Crippen molar-refractivity contribution >= 4 is 65.3 Å². The Morgan fingerprint density at radius 2 is 1.10 bits per heavy atom. The predicted octanol–water partition coefficient (Wildman–Crippen LogP) is -2.41. The van der Waals surface area contributed by atoms with Crippen LogP contribution in [-0.4, -0.2) is 166 Å². The van der Waals surface area contributed by atoms with Gasteiger partial charge in [0.1, 0.15) is 54.9 Å². The molecule has 0 bridgehead atoms. The molecule has 0 heterocycles. The number of aliphatic carboxylic acids is 1. The molecule has 11 atom stereocenters. The number of hydrogen-bond acceptors (Lipinski definition) is 16. The van der Waals surface area contributed by atoms with Gasteiger partial charge in [-0.15, -0.1) is 0 Å². The maximum absolute atomic E-state index is 14.4. The number of carboxylic acids is 1. The van der Waals surface area contributed by atoms with Gasteiger partial charge in [0.15, 0.2) is 5.96 Å². The quantitative estimate of drug-likeness (QED) is 0.0194. The molecule has 0 aliphatic carbocycles. The molecule has 0 aliphatic rings. The Morgan fingerprint density at radius 3 is 1.63 bits per heavy atom. The number of guanidine groups is 1. The molecule has 0 aromatic heterocycles. The van der Waals surface area contributed by atoms with Crippen molar-refractivity contribution in [3.05, 3.63) is 71.8 Å². The normalized spacial score (nSPS) is 15.2. The van der Waals surface area contributed by atoms with E-state index in [1.165, 1.54) is 0 Å². The number of nitrogens with one attached hydrogen (secondary N) is 11. The highest BCUT2D eigenvalue weighted by Gasteiger charge is 2.39. The molecule has 0 saturated carbocycles. The van der Waals surface area contributed by atoms with E-state index in [1.807, 2.05) is 5.32 Å². The second-order valence-electron chi connectivity index (χ2n) is 20.8. The van der Waals surface area contributed by atoms with Crippen LogP contribution in [0.5, 0.6) is 0 Å². The van der Waals surface area contributed by atoms with Crippen molar-refractivity contribution in [1.29, 1.82) is 5.41 Å². The predicted molar refractivity (Wildman–Crippen MR) is 299 cm³/mol. The number of benzene rings is 2. The molecule has 28 nitrogen and oxygen atoms in total.